The van der Waals surface area contributed by atoms with Gasteiger partial charge in [-0.15, -0.1) is 0 Å². The van der Waals surface area contributed by atoms with E-state index in [1.807, 2.05) is 0 Å². The zero-order valence-corrected chi connectivity index (χ0v) is 9.98. The highest BCUT2D eigenvalue weighted by Crippen LogP contribution is 2.09. The fraction of sp³-hybridized carbons (Fsp3) is 0.909. The highest BCUT2D eigenvalue weighted by atomic mass is 16.5. The van der Waals surface area contributed by atoms with Crippen LogP contribution < -0.4 is 5.73 Å². The van der Waals surface area contributed by atoms with Crippen LogP contribution in [-0.2, 0) is 14.3 Å². The second-order valence-electron chi connectivity index (χ2n) is 4.10. The molecule has 1 aliphatic rings. The molecule has 16 heavy (non-hydrogen) atoms. The average molecular weight is 230 g/mol. The van der Waals surface area contributed by atoms with E-state index in [4.69, 9.17) is 15.2 Å². The van der Waals surface area contributed by atoms with Gasteiger partial charge in [0.15, 0.2) is 0 Å². The van der Waals surface area contributed by atoms with Crippen molar-refractivity contribution in [1.82, 2.24) is 4.90 Å². The minimum absolute atomic E-state index is 0.131. The quantitative estimate of drug-likeness (QED) is 0.625. The number of carbonyl (C=O) groups is 1. The molecule has 0 radical (unpaired) electrons. The smallest absolute Gasteiger partial charge is 0.222 e. The molecule has 1 fully saturated rings. The molecule has 1 saturated heterocycles. The number of hydrogen-bond acceptors (Lipinski definition) is 4. The summed E-state index contributed by atoms with van der Waals surface area (Å²) in [7, 11) is 1.67. The largest absolute Gasteiger partial charge is 0.385 e. The summed E-state index contributed by atoms with van der Waals surface area (Å²) in [6.45, 7) is 3.30. The Morgan fingerprint density at radius 3 is 3.00 bits per heavy atom. The Morgan fingerprint density at radius 2 is 2.25 bits per heavy atom. The summed E-state index contributed by atoms with van der Waals surface area (Å²) in [5.74, 6) is 0.196. The fourth-order valence-electron chi connectivity index (χ4n) is 1.74. The van der Waals surface area contributed by atoms with E-state index in [-0.39, 0.29) is 11.9 Å². The summed E-state index contributed by atoms with van der Waals surface area (Å²) in [5.41, 5.74) is 5.81. The topological polar surface area (TPSA) is 64.8 Å². The molecule has 0 aromatic rings. The normalized spacial score (nSPS) is 21.5. The van der Waals surface area contributed by atoms with Crippen LogP contribution in [0.25, 0.3) is 0 Å². The lowest BCUT2D eigenvalue weighted by Crippen LogP contribution is -2.47. The van der Waals surface area contributed by atoms with Gasteiger partial charge in [0.1, 0.15) is 0 Å². The summed E-state index contributed by atoms with van der Waals surface area (Å²) in [4.78, 5) is 13.3. The summed E-state index contributed by atoms with van der Waals surface area (Å²) in [6.07, 6.45) is 2.28. The minimum atomic E-state index is 0.131. The number of nitrogens with two attached hydrogens (primary N) is 1. The van der Waals surface area contributed by atoms with Crippen molar-refractivity contribution in [3.8, 4) is 0 Å². The van der Waals surface area contributed by atoms with Gasteiger partial charge >= 0.3 is 0 Å². The van der Waals surface area contributed by atoms with Crippen molar-refractivity contribution >= 4 is 5.91 Å². The van der Waals surface area contributed by atoms with Crippen molar-refractivity contribution in [3.05, 3.63) is 0 Å². The van der Waals surface area contributed by atoms with Crippen LogP contribution in [0.4, 0.5) is 0 Å². The third-order valence-corrected chi connectivity index (χ3v) is 2.68. The van der Waals surface area contributed by atoms with Gasteiger partial charge < -0.3 is 20.1 Å². The molecule has 1 unspecified atom stereocenters. The van der Waals surface area contributed by atoms with E-state index in [1.54, 1.807) is 12.0 Å². The molecular formula is C11H22N2O3. The number of piperidine rings is 1. The molecule has 0 spiro atoms. The number of ether oxygens (including phenoxy) is 2. The van der Waals surface area contributed by atoms with E-state index in [9.17, 15) is 4.79 Å². The van der Waals surface area contributed by atoms with Crippen LogP contribution in [0.5, 0.6) is 0 Å². The van der Waals surface area contributed by atoms with Gasteiger partial charge in [0.25, 0.3) is 0 Å². The van der Waals surface area contributed by atoms with Gasteiger partial charge in [0, 0.05) is 45.9 Å². The van der Waals surface area contributed by atoms with Crippen LogP contribution in [0.3, 0.4) is 0 Å². The van der Waals surface area contributed by atoms with E-state index in [0.29, 0.717) is 39.3 Å². The molecule has 94 valence electrons. The van der Waals surface area contributed by atoms with Crippen molar-refractivity contribution in [2.45, 2.75) is 25.3 Å². The molecule has 1 amide bonds. The van der Waals surface area contributed by atoms with Crippen molar-refractivity contribution < 1.29 is 14.3 Å². The van der Waals surface area contributed by atoms with E-state index in [0.717, 1.165) is 12.8 Å². The summed E-state index contributed by atoms with van der Waals surface area (Å²) < 4.78 is 10.3. The lowest BCUT2D eigenvalue weighted by atomic mass is 10.1. The van der Waals surface area contributed by atoms with Crippen molar-refractivity contribution in [2.24, 2.45) is 5.73 Å². The fourth-order valence-corrected chi connectivity index (χ4v) is 1.74. The molecule has 0 aromatic heterocycles. The zero-order chi connectivity index (χ0) is 11.8. The van der Waals surface area contributed by atoms with E-state index in [1.165, 1.54) is 0 Å². The van der Waals surface area contributed by atoms with Crippen LogP contribution >= 0.6 is 0 Å². The van der Waals surface area contributed by atoms with E-state index in [2.05, 4.69) is 0 Å². The molecule has 0 aromatic carbocycles. The number of likely N-dealkylation sites (tertiary alicyclic amines) is 1. The maximum absolute atomic E-state index is 11.5. The van der Waals surface area contributed by atoms with E-state index >= 15 is 0 Å². The Labute approximate surface area is 96.9 Å². The molecule has 5 nitrogen and oxygen atoms in total. The maximum Gasteiger partial charge on any atom is 0.222 e. The van der Waals surface area contributed by atoms with Crippen LogP contribution in [-0.4, -0.2) is 56.9 Å². The van der Waals surface area contributed by atoms with Gasteiger partial charge in [0.2, 0.25) is 5.91 Å². The van der Waals surface area contributed by atoms with Crippen LogP contribution in [0, 0.1) is 0 Å². The minimum Gasteiger partial charge on any atom is -0.385 e. The van der Waals surface area contributed by atoms with Crippen molar-refractivity contribution in [1.29, 1.82) is 0 Å². The first-order valence-electron chi connectivity index (χ1n) is 5.84. The zero-order valence-electron chi connectivity index (χ0n) is 9.98. The number of methoxy groups -OCH3 is 1. The Morgan fingerprint density at radius 1 is 1.44 bits per heavy atom. The molecule has 1 heterocycles. The molecular weight excluding hydrogens is 208 g/mol. The van der Waals surface area contributed by atoms with Crippen LogP contribution in [0.1, 0.15) is 19.3 Å². The van der Waals surface area contributed by atoms with Gasteiger partial charge in [-0.05, 0) is 12.8 Å². The molecule has 2 N–H and O–H groups in total. The molecule has 1 aliphatic heterocycles. The lowest BCUT2D eigenvalue weighted by Gasteiger charge is -2.30. The second kappa shape index (κ2) is 7.60. The Balaban J connectivity index is 2.05. The van der Waals surface area contributed by atoms with Crippen LogP contribution in [0.2, 0.25) is 0 Å². The SMILES string of the molecule is COCCCOCCN1CC(N)CCC1=O. The number of nitrogens with zero attached hydrogens (tertiary/aromatic N) is 1. The van der Waals surface area contributed by atoms with Gasteiger partial charge in [-0.1, -0.05) is 0 Å². The standard InChI is InChI=1S/C11H22N2O3/c1-15-6-2-7-16-8-5-13-9-10(12)3-4-11(13)14/h10H,2-9,12H2,1H3. The predicted octanol–water partition coefficient (Wildman–Crippen LogP) is -0.0108. The van der Waals surface area contributed by atoms with Gasteiger partial charge in [0.05, 0.1) is 6.61 Å². The maximum atomic E-state index is 11.5. The number of carbonyl (C=O) groups excluding carboxylic acids is 1. The monoisotopic (exact) mass is 230 g/mol. The highest BCUT2D eigenvalue weighted by Gasteiger charge is 2.22. The molecule has 0 aliphatic carbocycles. The molecule has 0 bridgehead atoms. The average Bonchev–Trinajstić information content (AvgIpc) is 2.28. The first-order valence-corrected chi connectivity index (χ1v) is 5.84. The van der Waals surface area contributed by atoms with Gasteiger partial charge in [-0.2, -0.15) is 0 Å². The Hall–Kier alpha value is -0.650. The number of rotatable bonds is 7. The second-order valence-corrected chi connectivity index (χ2v) is 4.10. The van der Waals surface area contributed by atoms with Gasteiger partial charge in [-0.3, -0.25) is 4.79 Å². The highest BCUT2D eigenvalue weighted by molar-refractivity contribution is 5.77. The van der Waals surface area contributed by atoms with Crippen molar-refractivity contribution in [2.75, 3.05) is 40.0 Å². The lowest BCUT2D eigenvalue weighted by molar-refractivity contribution is -0.134. The van der Waals surface area contributed by atoms with Gasteiger partial charge in [-0.25, -0.2) is 0 Å². The Kier molecular flexibility index (Phi) is 6.37. The molecule has 1 atom stereocenters. The third kappa shape index (κ3) is 4.92. The van der Waals surface area contributed by atoms with Crippen LogP contribution in [0.15, 0.2) is 0 Å². The summed E-state index contributed by atoms with van der Waals surface area (Å²) >= 11 is 0. The number of amides is 1. The number of hydrogen-bond donors (Lipinski definition) is 1. The summed E-state index contributed by atoms with van der Waals surface area (Å²) in [5, 5.41) is 0. The van der Waals surface area contributed by atoms with Crippen molar-refractivity contribution in [3.63, 3.8) is 0 Å². The first-order chi connectivity index (χ1) is 7.74. The molecule has 5 heteroatoms. The van der Waals surface area contributed by atoms with E-state index < -0.39 is 0 Å². The summed E-state index contributed by atoms with van der Waals surface area (Å²) in [6, 6.07) is 0.131. The predicted molar refractivity (Wildman–Crippen MR) is 61.1 cm³/mol. The molecule has 0 saturated carbocycles. The molecule has 1 rings (SSSR count). The third-order valence-electron chi connectivity index (χ3n) is 2.68. The first kappa shape index (κ1) is 13.4. The Bertz CT molecular complexity index is 211.